The SMILES string of the molecule is Cc1cnn(-c2ccccc2C(N)C(=O)O)c1. The van der Waals surface area contributed by atoms with Crippen LogP contribution in [0.25, 0.3) is 5.69 Å². The lowest BCUT2D eigenvalue weighted by Gasteiger charge is -2.12. The molecule has 0 fully saturated rings. The van der Waals surface area contributed by atoms with E-state index in [1.54, 1.807) is 29.1 Å². The molecule has 0 radical (unpaired) electrons. The van der Waals surface area contributed by atoms with Gasteiger partial charge in [0.1, 0.15) is 6.04 Å². The Hall–Kier alpha value is -2.14. The van der Waals surface area contributed by atoms with Crippen molar-refractivity contribution in [3.05, 3.63) is 47.8 Å². The Morgan fingerprint density at radius 3 is 2.76 bits per heavy atom. The molecule has 3 N–H and O–H groups in total. The highest BCUT2D eigenvalue weighted by atomic mass is 16.4. The van der Waals surface area contributed by atoms with Crippen LogP contribution in [0.3, 0.4) is 0 Å². The van der Waals surface area contributed by atoms with Gasteiger partial charge in [-0.05, 0) is 18.6 Å². The van der Waals surface area contributed by atoms with Crippen LogP contribution in [0, 0.1) is 6.92 Å². The maximum Gasteiger partial charge on any atom is 0.325 e. The molecule has 1 aromatic carbocycles. The Labute approximate surface area is 98.5 Å². The van der Waals surface area contributed by atoms with Gasteiger partial charge in [0.2, 0.25) is 0 Å². The minimum atomic E-state index is -1.05. The molecule has 0 aliphatic carbocycles. The number of benzene rings is 1. The molecule has 0 bridgehead atoms. The first kappa shape index (κ1) is 11.3. The highest BCUT2D eigenvalue weighted by molar-refractivity contribution is 5.76. The number of hydrogen-bond acceptors (Lipinski definition) is 3. The van der Waals surface area contributed by atoms with Crippen molar-refractivity contribution in [2.24, 2.45) is 5.73 Å². The van der Waals surface area contributed by atoms with Crippen LogP contribution in [0.1, 0.15) is 17.2 Å². The quantitative estimate of drug-likeness (QED) is 0.833. The largest absolute Gasteiger partial charge is 0.480 e. The summed E-state index contributed by atoms with van der Waals surface area (Å²) in [5.41, 5.74) is 7.88. The Morgan fingerprint density at radius 2 is 2.18 bits per heavy atom. The third kappa shape index (κ3) is 2.19. The number of para-hydroxylation sites is 1. The van der Waals surface area contributed by atoms with Gasteiger partial charge in [-0.2, -0.15) is 5.10 Å². The van der Waals surface area contributed by atoms with Gasteiger partial charge in [0.15, 0.2) is 0 Å². The smallest absolute Gasteiger partial charge is 0.325 e. The number of carboxylic acid groups (broad SMARTS) is 1. The topological polar surface area (TPSA) is 81.1 Å². The first-order chi connectivity index (χ1) is 8.09. The average molecular weight is 231 g/mol. The molecule has 0 saturated carbocycles. The first-order valence-electron chi connectivity index (χ1n) is 5.18. The molecule has 2 rings (SSSR count). The van der Waals surface area contributed by atoms with Crippen molar-refractivity contribution < 1.29 is 9.90 Å². The van der Waals surface area contributed by atoms with Crippen molar-refractivity contribution >= 4 is 5.97 Å². The van der Waals surface area contributed by atoms with E-state index in [1.165, 1.54) is 0 Å². The molecule has 1 atom stereocenters. The summed E-state index contributed by atoms with van der Waals surface area (Å²) in [5.74, 6) is -1.05. The summed E-state index contributed by atoms with van der Waals surface area (Å²) in [6.45, 7) is 1.92. The second kappa shape index (κ2) is 4.39. The van der Waals surface area contributed by atoms with E-state index < -0.39 is 12.0 Å². The number of carbonyl (C=O) groups is 1. The normalized spacial score (nSPS) is 12.4. The molecular weight excluding hydrogens is 218 g/mol. The summed E-state index contributed by atoms with van der Waals surface area (Å²) in [4.78, 5) is 10.9. The Balaban J connectivity index is 2.51. The highest BCUT2D eigenvalue weighted by Crippen LogP contribution is 2.20. The van der Waals surface area contributed by atoms with Crippen LogP contribution in [-0.2, 0) is 4.79 Å². The van der Waals surface area contributed by atoms with Crippen LogP contribution in [-0.4, -0.2) is 20.9 Å². The molecule has 1 heterocycles. The van der Waals surface area contributed by atoms with Crippen LogP contribution in [0.15, 0.2) is 36.7 Å². The molecule has 0 spiro atoms. The molecular formula is C12H13N3O2. The number of hydrogen-bond donors (Lipinski definition) is 2. The van der Waals surface area contributed by atoms with Gasteiger partial charge >= 0.3 is 5.97 Å². The standard InChI is InChI=1S/C12H13N3O2/c1-8-6-14-15(7-8)10-5-3-2-4-9(10)11(13)12(16)17/h2-7,11H,13H2,1H3,(H,16,17). The van der Waals surface area contributed by atoms with Crippen molar-refractivity contribution in [2.45, 2.75) is 13.0 Å². The second-order valence-corrected chi connectivity index (χ2v) is 3.84. The second-order valence-electron chi connectivity index (χ2n) is 3.84. The molecule has 1 aromatic heterocycles. The molecule has 0 aliphatic rings. The van der Waals surface area contributed by atoms with E-state index in [-0.39, 0.29) is 0 Å². The predicted molar refractivity (Wildman–Crippen MR) is 62.9 cm³/mol. The summed E-state index contributed by atoms with van der Waals surface area (Å²) in [6, 6.07) is 6.04. The van der Waals surface area contributed by atoms with Crippen molar-refractivity contribution in [3.8, 4) is 5.69 Å². The summed E-state index contributed by atoms with van der Waals surface area (Å²) in [5, 5.41) is 13.1. The van der Waals surface area contributed by atoms with Gasteiger partial charge in [0.25, 0.3) is 0 Å². The summed E-state index contributed by atoms with van der Waals surface area (Å²) in [7, 11) is 0. The fourth-order valence-electron chi connectivity index (χ4n) is 1.64. The highest BCUT2D eigenvalue weighted by Gasteiger charge is 2.18. The Morgan fingerprint density at radius 1 is 1.47 bits per heavy atom. The predicted octanol–water partition coefficient (Wildman–Crippen LogP) is 1.27. The number of aliphatic carboxylic acids is 1. The van der Waals surface area contributed by atoms with Crippen molar-refractivity contribution in [1.82, 2.24) is 9.78 Å². The van der Waals surface area contributed by atoms with Crippen molar-refractivity contribution in [3.63, 3.8) is 0 Å². The first-order valence-corrected chi connectivity index (χ1v) is 5.18. The minimum absolute atomic E-state index is 0.545. The minimum Gasteiger partial charge on any atom is -0.480 e. The van der Waals surface area contributed by atoms with Crippen LogP contribution in [0.2, 0.25) is 0 Å². The van der Waals surface area contributed by atoms with Gasteiger partial charge in [-0.25, -0.2) is 4.68 Å². The van der Waals surface area contributed by atoms with Crippen LogP contribution in [0.5, 0.6) is 0 Å². The lowest BCUT2D eigenvalue weighted by Crippen LogP contribution is -2.22. The molecule has 5 nitrogen and oxygen atoms in total. The number of aryl methyl sites for hydroxylation is 1. The zero-order valence-corrected chi connectivity index (χ0v) is 9.37. The molecule has 0 amide bonds. The number of aromatic nitrogens is 2. The number of carboxylic acids is 1. The lowest BCUT2D eigenvalue weighted by atomic mass is 10.1. The van der Waals surface area contributed by atoms with Crippen molar-refractivity contribution in [2.75, 3.05) is 0 Å². The lowest BCUT2D eigenvalue weighted by molar-refractivity contribution is -0.138. The molecule has 17 heavy (non-hydrogen) atoms. The molecule has 0 aliphatic heterocycles. The monoisotopic (exact) mass is 231 g/mol. The Kier molecular flexibility index (Phi) is 2.93. The zero-order valence-electron chi connectivity index (χ0n) is 9.37. The van der Waals surface area contributed by atoms with Crippen LogP contribution >= 0.6 is 0 Å². The van der Waals surface area contributed by atoms with Crippen LogP contribution < -0.4 is 5.73 Å². The van der Waals surface area contributed by atoms with Gasteiger partial charge in [-0.15, -0.1) is 0 Å². The number of rotatable bonds is 3. The third-order valence-electron chi connectivity index (χ3n) is 2.50. The fourth-order valence-corrected chi connectivity index (χ4v) is 1.64. The average Bonchev–Trinajstić information content (AvgIpc) is 2.74. The Bertz CT molecular complexity index is 548. The van der Waals surface area contributed by atoms with Gasteiger partial charge in [-0.1, -0.05) is 18.2 Å². The van der Waals surface area contributed by atoms with Gasteiger partial charge in [0, 0.05) is 11.8 Å². The summed E-state index contributed by atoms with van der Waals surface area (Å²) >= 11 is 0. The maximum atomic E-state index is 10.9. The molecule has 88 valence electrons. The molecule has 1 unspecified atom stereocenters. The van der Waals surface area contributed by atoms with E-state index in [4.69, 9.17) is 10.8 Å². The fraction of sp³-hybridized carbons (Fsp3) is 0.167. The van der Waals surface area contributed by atoms with Crippen molar-refractivity contribution in [1.29, 1.82) is 0 Å². The number of nitrogens with two attached hydrogens (primary N) is 1. The third-order valence-corrected chi connectivity index (χ3v) is 2.50. The van der Waals surface area contributed by atoms with Gasteiger partial charge in [-0.3, -0.25) is 4.79 Å². The molecule has 2 aromatic rings. The summed E-state index contributed by atoms with van der Waals surface area (Å²) in [6.07, 6.45) is 3.54. The molecule has 0 saturated heterocycles. The number of nitrogens with zero attached hydrogens (tertiary/aromatic N) is 2. The maximum absolute atomic E-state index is 10.9. The van der Waals surface area contributed by atoms with E-state index in [9.17, 15) is 4.79 Å². The van der Waals surface area contributed by atoms with E-state index in [2.05, 4.69) is 5.10 Å². The zero-order chi connectivity index (χ0) is 12.4. The van der Waals surface area contributed by atoms with E-state index in [0.29, 0.717) is 11.3 Å². The summed E-state index contributed by atoms with van der Waals surface area (Å²) < 4.78 is 1.63. The van der Waals surface area contributed by atoms with E-state index in [1.807, 2.05) is 19.2 Å². The van der Waals surface area contributed by atoms with E-state index >= 15 is 0 Å². The van der Waals surface area contributed by atoms with Gasteiger partial charge < -0.3 is 10.8 Å². The van der Waals surface area contributed by atoms with E-state index in [0.717, 1.165) is 5.56 Å². The molecule has 5 heteroatoms. The van der Waals surface area contributed by atoms with Crippen LogP contribution in [0.4, 0.5) is 0 Å². The van der Waals surface area contributed by atoms with Gasteiger partial charge in [0.05, 0.1) is 11.9 Å².